The first-order chi connectivity index (χ1) is 11.3. The van der Waals surface area contributed by atoms with Crippen molar-refractivity contribution in [3.63, 3.8) is 0 Å². The number of hydrogen-bond donors (Lipinski definition) is 0. The van der Waals surface area contributed by atoms with E-state index in [1.807, 2.05) is 34.2 Å². The van der Waals surface area contributed by atoms with Crippen molar-refractivity contribution < 1.29 is 9.32 Å². The van der Waals surface area contributed by atoms with Crippen molar-refractivity contribution in [3.05, 3.63) is 23.4 Å². The van der Waals surface area contributed by atoms with Crippen LogP contribution in [0.5, 0.6) is 0 Å². The average molecular weight is 349 g/mol. The standard InChI is InChI=1S/C16H19N3O2S2/c20-14(10-23-12-4-1-2-5-12)19-8-11(9-19)16-17-15(18-21-16)13-6-3-7-22-13/h3,6-7,11-12H,1-2,4-5,8-10H2. The Morgan fingerprint density at radius 2 is 2.22 bits per heavy atom. The number of carbonyl (C=O) groups is 1. The van der Waals surface area contributed by atoms with Crippen molar-refractivity contribution >= 4 is 29.0 Å². The quantitative estimate of drug-likeness (QED) is 0.828. The Morgan fingerprint density at radius 3 is 2.96 bits per heavy atom. The van der Waals surface area contributed by atoms with Gasteiger partial charge in [0.25, 0.3) is 0 Å². The summed E-state index contributed by atoms with van der Waals surface area (Å²) in [6.07, 6.45) is 5.19. The van der Waals surface area contributed by atoms with Crippen molar-refractivity contribution in [1.29, 1.82) is 0 Å². The summed E-state index contributed by atoms with van der Waals surface area (Å²) in [5.74, 6) is 2.35. The highest BCUT2D eigenvalue weighted by Crippen LogP contribution is 2.32. The SMILES string of the molecule is O=C(CSC1CCCC1)N1CC(c2nc(-c3cccs3)no2)C1. The highest BCUT2D eigenvalue weighted by molar-refractivity contribution is 8.00. The number of aromatic nitrogens is 2. The summed E-state index contributed by atoms with van der Waals surface area (Å²) in [5.41, 5.74) is 0. The molecular formula is C16H19N3O2S2. The van der Waals surface area contributed by atoms with E-state index >= 15 is 0 Å². The number of thioether (sulfide) groups is 1. The molecule has 1 amide bonds. The van der Waals surface area contributed by atoms with Gasteiger partial charge in [0.2, 0.25) is 17.6 Å². The van der Waals surface area contributed by atoms with Crippen LogP contribution in [-0.2, 0) is 4.79 Å². The Hall–Kier alpha value is -1.34. The van der Waals surface area contributed by atoms with Crippen LogP contribution in [0.1, 0.15) is 37.5 Å². The van der Waals surface area contributed by atoms with Gasteiger partial charge in [-0.05, 0) is 24.3 Å². The Labute approximate surface area is 143 Å². The highest BCUT2D eigenvalue weighted by atomic mass is 32.2. The molecule has 1 aliphatic heterocycles. The number of likely N-dealkylation sites (tertiary alicyclic amines) is 1. The van der Waals surface area contributed by atoms with E-state index in [2.05, 4.69) is 10.1 Å². The Morgan fingerprint density at radius 1 is 1.39 bits per heavy atom. The maximum Gasteiger partial charge on any atom is 0.233 e. The lowest BCUT2D eigenvalue weighted by Crippen LogP contribution is -2.49. The second-order valence-electron chi connectivity index (χ2n) is 6.15. The molecule has 0 spiro atoms. The van der Waals surface area contributed by atoms with Gasteiger partial charge in [-0.25, -0.2) is 0 Å². The van der Waals surface area contributed by atoms with Gasteiger partial charge < -0.3 is 9.42 Å². The average Bonchev–Trinajstić information content (AvgIpc) is 3.24. The van der Waals surface area contributed by atoms with E-state index in [1.54, 1.807) is 11.3 Å². The number of rotatable bonds is 5. The van der Waals surface area contributed by atoms with E-state index in [-0.39, 0.29) is 11.8 Å². The molecule has 5 nitrogen and oxygen atoms in total. The third-order valence-corrected chi connectivity index (χ3v) is 6.73. The van der Waals surface area contributed by atoms with Crippen LogP contribution in [0.25, 0.3) is 10.7 Å². The first-order valence-electron chi connectivity index (χ1n) is 8.06. The first-order valence-corrected chi connectivity index (χ1v) is 9.99. The fourth-order valence-corrected chi connectivity index (χ4v) is 4.96. The fourth-order valence-electron chi connectivity index (χ4n) is 3.08. The van der Waals surface area contributed by atoms with E-state index in [9.17, 15) is 4.79 Å². The van der Waals surface area contributed by atoms with Crippen LogP contribution in [0, 0.1) is 0 Å². The van der Waals surface area contributed by atoms with E-state index in [1.165, 1.54) is 25.7 Å². The number of nitrogens with zero attached hydrogens (tertiary/aromatic N) is 3. The van der Waals surface area contributed by atoms with Gasteiger partial charge in [0, 0.05) is 18.3 Å². The normalized spacial score (nSPS) is 19.2. The lowest BCUT2D eigenvalue weighted by molar-refractivity contribution is -0.133. The number of hydrogen-bond acceptors (Lipinski definition) is 6. The molecule has 4 rings (SSSR count). The molecule has 2 aromatic heterocycles. The lowest BCUT2D eigenvalue weighted by atomic mass is 10.0. The predicted octanol–water partition coefficient (Wildman–Crippen LogP) is 3.40. The second kappa shape index (κ2) is 6.65. The smallest absolute Gasteiger partial charge is 0.233 e. The fraction of sp³-hybridized carbons (Fsp3) is 0.562. The van der Waals surface area contributed by atoms with Crippen molar-refractivity contribution in [3.8, 4) is 10.7 Å². The largest absolute Gasteiger partial charge is 0.340 e. The van der Waals surface area contributed by atoms with Gasteiger partial charge in [-0.3, -0.25) is 4.79 Å². The van der Waals surface area contributed by atoms with E-state index in [4.69, 9.17) is 4.52 Å². The van der Waals surface area contributed by atoms with Crippen LogP contribution in [0.4, 0.5) is 0 Å². The van der Waals surface area contributed by atoms with Crippen molar-refractivity contribution in [2.24, 2.45) is 0 Å². The van der Waals surface area contributed by atoms with Crippen LogP contribution in [0.3, 0.4) is 0 Å². The van der Waals surface area contributed by atoms with Gasteiger partial charge in [-0.1, -0.05) is 24.1 Å². The molecule has 2 aromatic rings. The molecule has 23 heavy (non-hydrogen) atoms. The molecule has 0 aromatic carbocycles. The zero-order valence-corrected chi connectivity index (χ0v) is 14.4. The summed E-state index contributed by atoms with van der Waals surface area (Å²) in [5, 5.41) is 6.73. The van der Waals surface area contributed by atoms with Gasteiger partial charge in [0.1, 0.15) is 0 Å². The summed E-state index contributed by atoms with van der Waals surface area (Å²) in [7, 11) is 0. The number of thiophene rings is 1. The van der Waals surface area contributed by atoms with Crippen LogP contribution in [-0.4, -0.2) is 45.0 Å². The molecule has 0 N–H and O–H groups in total. The van der Waals surface area contributed by atoms with Crippen molar-refractivity contribution in [1.82, 2.24) is 15.0 Å². The molecule has 122 valence electrons. The predicted molar refractivity (Wildman–Crippen MR) is 91.6 cm³/mol. The second-order valence-corrected chi connectivity index (χ2v) is 8.38. The molecule has 2 fully saturated rings. The van der Waals surface area contributed by atoms with Crippen LogP contribution in [0.15, 0.2) is 22.0 Å². The summed E-state index contributed by atoms with van der Waals surface area (Å²) in [6, 6.07) is 3.96. The molecule has 0 unspecified atom stereocenters. The third-order valence-electron chi connectivity index (χ3n) is 4.51. The molecule has 7 heteroatoms. The van der Waals surface area contributed by atoms with E-state index in [0.29, 0.717) is 35.8 Å². The van der Waals surface area contributed by atoms with Crippen molar-refractivity contribution in [2.45, 2.75) is 36.9 Å². The third kappa shape index (κ3) is 3.30. The van der Waals surface area contributed by atoms with Gasteiger partial charge >= 0.3 is 0 Å². The van der Waals surface area contributed by atoms with E-state index < -0.39 is 0 Å². The minimum absolute atomic E-state index is 0.191. The summed E-state index contributed by atoms with van der Waals surface area (Å²) in [4.78, 5) is 19.6. The van der Waals surface area contributed by atoms with Crippen LogP contribution < -0.4 is 0 Å². The first kappa shape index (κ1) is 15.2. The molecule has 0 radical (unpaired) electrons. The van der Waals surface area contributed by atoms with Crippen LogP contribution >= 0.6 is 23.1 Å². The topological polar surface area (TPSA) is 59.2 Å². The van der Waals surface area contributed by atoms with Gasteiger partial charge in [0.15, 0.2) is 0 Å². The Bertz CT molecular complexity index is 659. The summed E-state index contributed by atoms with van der Waals surface area (Å²) < 4.78 is 5.36. The monoisotopic (exact) mass is 349 g/mol. The molecule has 1 aliphatic carbocycles. The highest BCUT2D eigenvalue weighted by Gasteiger charge is 2.35. The van der Waals surface area contributed by atoms with Gasteiger partial charge in [-0.15, -0.1) is 23.1 Å². The minimum atomic E-state index is 0.191. The number of amides is 1. The van der Waals surface area contributed by atoms with Crippen LogP contribution in [0.2, 0.25) is 0 Å². The summed E-state index contributed by atoms with van der Waals surface area (Å²) in [6.45, 7) is 1.41. The molecule has 1 saturated carbocycles. The zero-order valence-electron chi connectivity index (χ0n) is 12.8. The molecule has 0 bridgehead atoms. The summed E-state index contributed by atoms with van der Waals surface area (Å²) >= 11 is 3.43. The minimum Gasteiger partial charge on any atom is -0.340 e. The molecule has 1 saturated heterocycles. The van der Waals surface area contributed by atoms with Gasteiger partial charge in [-0.2, -0.15) is 4.98 Å². The molecule has 3 heterocycles. The molecule has 2 aliphatic rings. The Balaban J connectivity index is 1.27. The maximum atomic E-state index is 12.2. The van der Waals surface area contributed by atoms with Crippen molar-refractivity contribution in [2.75, 3.05) is 18.8 Å². The zero-order chi connectivity index (χ0) is 15.6. The number of carbonyl (C=O) groups excluding carboxylic acids is 1. The van der Waals surface area contributed by atoms with Gasteiger partial charge in [0.05, 0.1) is 16.5 Å². The maximum absolute atomic E-state index is 12.2. The Kier molecular flexibility index (Phi) is 4.39. The molecule has 0 atom stereocenters. The lowest BCUT2D eigenvalue weighted by Gasteiger charge is -2.37. The molecular weight excluding hydrogens is 330 g/mol. The van der Waals surface area contributed by atoms with E-state index in [0.717, 1.165) is 4.88 Å².